The van der Waals surface area contributed by atoms with Crippen molar-refractivity contribution in [2.75, 3.05) is 0 Å². The van der Waals surface area contributed by atoms with Crippen LogP contribution in [0.4, 0.5) is 18.9 Å². The Labute approximate surface area is 142 Å². The number of alkyl halides is 3. The van der Waals surface area contributed by atoms with E-state index >= 15 is 0 Å². The number of hydrogen-bond donors (Lipinski definition) is 2. The van der Waals surface area contributed by atoms with Crippen molar-refractivity contribution in [1.29, 1.82) is 0 Å². The summed E-state index contributed by atoms with van der Waals surface area (Å²) in [7, 11) is 0. The Bertz CT molecular complexity index is 828. The average molecular weight is 347 g/mol. The zero-order valence-electron chi connectivity index (χ0n) is 13.4. The highest BCUT2D eigenvalue weighted by Gasteiger charge is 2.32. The number of nitrogens with one attached hydrogen (secondary N) is 1. The number of hydrogen-bond acceptors (Lipinski definition) is 5. The molecule has 0 amide bonds. The van der Waals surface area contributed by atoms with Crippen molar-refractivity contribution in [2.45, 2.75) is 25.6 Å². The van der Waals surface area contributed by atoms with E-state index < -0.39 is 17.8 Å². The first-order valence-electron chi connectivity index (χ1n) is 7.70. The molecule has 0 radical (unpaired) electrons. The van der Waals surface area contributed by atoms with E-state index in [1.807, 2.05) is 6.92 Å². The number of fused-ring (bicyclic) bond motifs is 1. The van der Waals surface area contributed by atoms with Gasteiger partial charge in [-0.3, -0.25) is 9.98 Å². The lowest BCUT2D eigenvalue weighted by atomic mass is 10.0. The van der Waals surface area contributed by atoms with Gasteiger partial charge in [-0.25, -0.2) is 10.8 Å². The molecule has 5 nitrogen and oxygen atoms in total. The molecule has 0 spiro atoms. The Morgan fingerprint density at radius 2 is 2.00 bits per heavy atom. The van der Waals surface area contributed by atoms with Gasteiger partial charge in [-0.2, -0.15) is 13.2 Å². The lowest BCUT2D eigenvalue weighted by Gasteiger charge is -2.13. The van der Waals surface area contributed by atoms with Crippen LogP contribution in [-0.2, 0) is 6.18 Å². The first-order chi connectivity index (χ1) is 11.9. The maximum atomic E-state index is 13.2. The highest BCUT2D eigenvalue weighted by atomic mass is 19.4. The second kappa shape index (κ2) is 6.64. The molecule has 3 N–H and O–H groups in total. The van der Waals surface area contributed by atoms with Gasteiger partial charge < -0.3 is 5.43 Å². The van der Waals surface area contributed by atoms with Crippen LogP contribution in [0.2, 0.25) is 0 Å². The minimum atomic E-state index is -4.46. The summed E-state index contributed by atoms with van der Waals surface area (Å²) in [5, 5.41) is 0. The summed E-state index contributed by atoms with van der Waals surface area (Å²) < 4.78 is 39.5. The third-order valence-corrected chi connectivity index (χ3v) is 3.86. The van der Waals surface area contributed by atoms with E-state index in [2.05, 4.69) is 20.4 Å². The number of halogens is 3. The van der Waals surface area contributed by atoms with Gasteiger partial charge in [0.15, 0.2) is 0 Å². The van der Waals surface area contributed by atoms with Gasteiger partial charge in [0, 0.05) is 11.8 Å². The van der Waals surface area contributed by atoms with E-state index in [-0.39, 0.29) is 5.56 Å². The van der Waals surface area contributed by atoms with Crippen molar-refractivity contribution in [1.82, 2.24) is 10.4 Å². The molecule has 2 heterocycles. The fourth-order valence-corrected chi connectivity index (χ4v) is 2.61. The third kappa shape index (κ3) is 3.39. The van der Waals surface area contributed by atoms with Crippen LogP contribution in [-0.4, -0.2) is 22.6 Å². The second-order valence-corrected chi connectivity index (χ2v) is 5.49. The smallest absolute Gasteiger partial charge is 0.310 e. The summed E-state index contributed by atoms with van der Waals surface area (Å²) in [5.41, 5.74) is 3.22. The van der Waals surface area contributed by atoms with Crippen LogP contribution < -0.4 is 11.3 Å². The number of benzene rings is 1. The van der Waals surface area contributed by atoms with Crippen LogP contribution in [0.15, 0.2) is 52.6 Å². The normalized spacial score (nSPS) is 17.2. The fraction of sp³-hybridized carbons (Fsp3) is 0.235. The molecular formula is C17H16F3N5. The molecule has 3 rings (SSSR count). The van der Waals surface area contributed by atoms with E-state index in [0.717, 1.165) is 12.1 Å². The molecule has 1 aliphatic rings. The second-order valence-electron chi connectivity index (χ2n) is 5.49. The van der Waals surface area contributed by atoms with Gasteiger partial charge in [-0.05, 0) is 36.8 Å². The molecule has 2 aromatic rings. The summed E-state index contributed by atoms with van der Waals surface area (Å²) in [6.45, 7) is 1.90. The SMILES string of the molecule is CCC1N=C(c2ccccn2)c2cc(C(F)(F)F)ccc2N=C1NN. The number of aromatic nitrogens is 1. The van der Waals surface area contributed by atoms with E-state index in [0.29, 0.717) is 29.3 Å². The molecule has 1 aromatic heterocycles. The van der Waals surface area contributed by atoms with Crippen molar-refractivity contribution >= 4 is 17.2 Å². The Kier molecular flexibility index (Phi) is 4.54. The largest absolute Gasteiger partial charge is 0.416 e. The van der Waals surface area contributed by atoms with Crippen LogP contribution in [0.5, 0.6) is 0 Å². The zero-order valence-corrected chi connectivity index (χ0v) is 13.4. The average Bonchev–Trinajstić information content (AvgIpc) is 2.77. The fourth-order valence-electron chi connectivity index (χ4n) is 2.61. The Balaban J connectivity index is 2.26. The van der Waals surface area contributed by atoms with E-state index in [9.17, 15) is 13.2 Å². The Morgan fingerprint density at radius 3 is 2.60 bits per heavy atom. The molecule has 25 heavy (non-hydrogen) atoms. The van der Waals surface area contributed by atoms with Gasteiger partial charge >= 0.3 is 6.18 Å². The van der Waals surface area contributed by atoms with E-state index in [1.54, 1.807) is 24.4 Å². The molecule has 0 fully saturated rings. The maximum absolute atomic E-state index is 13.2. The summed E-state index contributed by atoms with van der Waals surface area (Å²) in [6, 6.07) is 8.17. The monoisotopic (exact) mass is 347 g/mol. The Morgan fingerprint density at radius 1 is 1.20 bits per heavy atom. The highest BCUT2D eigenvalue weighted by Crippen LogP contribution is 2.34. The molecule has 130 valence electrons. The topological polar surface area (TPSA) is 75.7 Å². The van der Waals surface area contributed by atoms with E-state index in [1.165, 1.54) is 6.07 Å². The zero-order chi connectivity index (χ0) is 18.0. The van der Waals surface area contributed by atoms with E-state index in [4.69, 9.17) is 5.84 Å². The van der Waals surface area contributed by atoms with Gasteiger partial charge in [0.1, 0.15) is 11.9 Å². The molecular weight excluding hydrogens is 331 g/mol. The molecule has 1 aromatic carbocycles. The number of hydrazine groups is 1. The molecule has 1 atom stereocenters. The van der Waals surface area contributed by atoms with Gasteiger partial charge in [0.25, 0.3) is 0 Å². The molecule has 1 unspecified atom stereocenters. The first-order valence-corrected chi connectivity index (χ1v) is 7.70. The molecule has 8 heteroatoms. The quantitative estimate of drug-likeness (QED) is 0.647. The lowest BCUT2D eigenvalue weighted by molar-refractivity contribution is -0.137. The molecule has 0 saturated heterocycles. The molecule has 0 aliphatic carbocycles. The van der Waals surface area contributed by atoms with Gasteiger partial charge in [0.2, 0.25) is 0 Å². The summed E-state index contributed by atoms with van der Waals surface area (Å²) in [5.74, 6) is 5.93. The van der Waals surface area contributed by atoms with Crippen molar-refractivity contribution in [3.63, 3.8) is 0 Å². The van der Waals surface area contributed by atoms with Crippen molar-refractivity contribution in [3.8, 4) is 0 Å². The van der Waals surface area contributed by atoms with Gasteiger partial charge in [-0.15, -0.1) is 0 Å². The molecule has 0 saturated carbocycles. The molecule has 1 aliphatic heterocycles. The van der Waals surface area contributed by atoms with Crippen molar-refractivity contribution in [3.05, 3.63) is 59.4 Å². The first kappa shape index (κ1) is 17.1. The number of rotatable bonds is 2. The predicted octanol–water partition coefficient (Wildman–Crippen LogP) is 3.22. The van der Waals surface area contributed by atoms with Crippen LogP contribution in [0.25, 0.3) is 0 Å². The minimum Gasteiger partial charge on any atom is -0.310 e. The van der Waals surface area contributed by atoms with Crippen LogP contribution in [0.1, 0.15) is 30.2 Å². The summed E-state index contributed by atoms with van der Waals surface area (Å²) in [6.07, 6.45) is -2.31. The number of nitrogens with two attached hydrogens (primary N) is 1. The number of pyridine rings is 1. The number of amidine groups is 1. The maximum Gasteiger partial charge on any atom is 0.416 e. The van der Waals surface area contributed by atoms with Crippen LogP contribution in [0, 0.1) is 0 Å². The van der Waals surface area contributed by atoms with Crippen molar-refractivity contribution in [2.24, 2.45) is 15.8 Å². The van der Waals surface area contributed by atoms with Gasteiger partial charge in [-0.1, -0.05) is 13.0 Å². The van der Waals surface area contributed by atoms with Gasteiger partial charge in [0.05, 0.1) is 22.7 Å². The lowest BCUT2D eigenvalue weighted by Crippen LogP contribution is -2.38. The summed E-state index contributed by atoms with van der Waals surface area (Å²) in [4.78, 5) is 13.2. The third-order valence-electron chi connectivity index (χ3n) is 3.86. The number of nitrogens with zero attached hydrogens (tertiary/aromatic N) is 3. The summed E-state index contributed by atoms with van der Waals surface area (Å²) >= 11 is 0. The van der Waals surface area contributed by atoms with Crippen molar-refractivity contribution < 1.29 is 13.2 Å². The minimum absolute atomic E-state index is 0.275. The highest BCUT2D eigenvalue weighted by molar-refractivity contribution is 6.17. The Hall–Kier alpha value is -2.74. The van der Waals surface area contributed by atoms with Crippen LogP contribution >= 0.6 is 0 Å². The van der Waals surface area contributed by atoms with Crippen LogP contribution in [0.3, 0.4) is 0 Å². The standard InChI is InChI=1S/C17H16F3N5/c1-2-12-16(25-21)24-13-7-6-10(17(18,19)20)9-11(13)15(23-12)14-5-3-4-8-22-14/h3-9,12H,2,21H2,1H3,(H,24,25). The number of aliphatic imine (C=N–C) groups is 2. The molecule has 0 bridgehead atoms. The predicted molar refractivity (Wildman–Crippen MR) is 89.8 cm³/mol.